The fourth-order valence-corrected chi connectivity index (χ4v) is 4.00. The van der Waals surface area contributed by atoms with E-state index in [4.69, 9.17) is 21.1 Å². The summed E-state index contributed by atoms with van der Waals surface area (Å²) in [4.78, 5) is 0. The minimum atomic E-state index is -0.363. The van der Waals surface area contributed by atoms with E-state index in [1.54, 1.807) is 6.07 Å². The molecule has 0 aromatic heterocycles. The molecule has 2 aromatic rings. The number of nitrogens with one attached hydrogen (secondary N) is 1. The summed E-state index contributed by atoms with van der Waals surface area (Å²) < 4.78 is 25.8. The highest BCUT2D eigenvalue weighted by Crippen LogP contribution is 2.38. The summed E-state index contributed by atoms with van der Waals surface area (Å²) in [7, 11) is 0. The van der Waals surface area contributed by atoms with Gasteiger partial charge in [0.2, 0.25) is 0 Å². The molecule has 0 radical (unpaired) electrons. The fourth-order valence-electron chi connectivity index (χ4n) is 3.18. The predicted octanol–water partition coefficient (Wildman–Crippen LogP) is 7.67. The van der Waals surface area contributed by atoms with Crippen molar-refractivity contribution < 1.29 is 13.9 Å². The molecule has 30 heavy (non-hydrogen) atoms. The number of hydrogen-bond donors (Lipinski definition) is 1. The minimum Gasteiger partial charge on any atom is -0.490 e. The van der Waals surface area contributed by atoms with Gasteiger partial charge in [-0.1, -0.05) is 56.7 Å². The average molecular weight is 501 g/mol. The fraction of sp³-hybridized carbons (Fsp3) is 0.500. The monoisotopic (exact) mass is 499 g/mol. The molecule has 0 saturated heterocycles. The van der Waals surface area contributed by atoms with Crippen molar-refractivity contribution in [1.29, 1.82) is 0 Å². The molecule has 0 aliphatic rings. The summed E-state index contributed by atoms with van der Waals surface area (Å²) in [5.41, 5.74) is 1.85. The Labute approximate surface area is 193 Å². The van der Waals surface area contributed by atoms with Gasteiger partial charge in [-0.05, 0) is 65.6 Å². The maximum absolute atomic E-state index is 13.2. The van der Waals surface area contributed by atoms with Gasteiger partial charge in [-0.3, -0.25) is 0 Å². The Balaban J connectivity index is 1.92. The summed E-state index contributed by atoms with van der Waals surface area (Å²) in [5.74, 6) is 0.941. The van der Waals surface area contributed by atoms with E-state index in [1.165, 1.54) is 50.7 Å². The number of benzene rings is 2. The minimum absolute atomic E-state index is 0.230. The average Bonchev–Trinajstić information content (AvgIpc) is 2.71. The molecular formula is C24H32BrClFNO2. The lowest BCUT2D eigenvalue weighted by atomic mass is 10.1. The van der Waals surface area contributed by atoms with E-state index >= 15 is 0 Å². The van der Waals surface area contributed by atoms with Gasteiger partial charge in [0, 0.05) is 12.1 Å². The quantitative estimate of drug-likeness (QED) is 0.270. The zero-order valence-corrected chi connectivity index (χ0v) is 20.3. The van der Waals surface area contributed by atoms with Crippen molar-refractivity contribution in [2.75, 3.05) is 13.2 Å². The Hall–Kier alpha value is -1.30. The Morgan fingerprint density at radius 3 is 2.50 bits per heavy atom. The first-order valence-corrected chi connectivity index (χ1v) is 11.9. The molecular weight excluding hydrogens is 469 g/mol. The Morgan fingerprint density at radius 2 is 1.77 bits per heavy atom. The van der Waals surface area contributed by atoms with Crippen LogP contribution >= 0.6 is 27.5 Å². The van der Waals surface area contributed by atoms with Gasteiger partial charge >= 0.3 is 0 Å². The first-order chi connectivity index (χ1) is 14.5. The number of hydrogen-bond acceptors (Lipinski definition) is 3. The molecule has 0 saturated carbocycles. The Kier molecular flexibility index (Phi) is 11.6. The van der Waals surface area contributed by atoms with Gasteiger partial charge in [0.05, 0.1) is 16.1 Å². The normalized spacial score (nSPS) is 11.0. The maximum Gasteiger partial charge on any atom is 0.175 e. The summed E-state index contributed by atoms with van der Waals surface area (Å²) in [6, 6.07) is 8.34. The summed E-state index contributed by atoms with van der Waals surface area (Å²) >= 11 is 9.71. The second kappa shape index (κ2) is 13.9. The van der Waals surface area contributed by atoms with E-state index in [2.05, 4.69) is 28.2 Å². The molecule has 6 heteroatoms. The van der Waals surface area contributed by atoms with E-state index in [9.17, 15) is 4.39 Å². The van der Waals surface area contributed by atoms with Crippen LogP contribution in [-0.4, -0.2) is 13.2 Å². The highest BCUT2D eigenvalue weighted by molar-refractivity contribution is 9.10. The molecule has 0 unspecified atom stereocenters. The van der Waals surface area contributed by atoms with Gasteiger partial charge in [0.25, 0.3) is 0 Å². The van der Waals surface area contributed by atoms with E-state index in [0.717, 1.165) is 28.7 Å². The summed E-state index contributed by atoms with van der Waals surface area (Å²) in [6.45, 7) is 6.73. The molecule has 0 aliphatic carbocycles. The molecule has 166 valence electrons. The standard InChI is InChI=1S/C24H32BrClFNO2/c1-3-5-6-7-8-9-12-28-16-18-13-21(25)24(23(14-18)29-4-2)30-17-19-10-11-20(27)15-22(19)26/h10-11,13-15,28H,3-9,12,16-17H2,1-2H3. The van der Waals surface area contributed by atoms with Gasteiger partial charge in [-0.25, -0.2) is 4.39 Å². The highest BCUT2D eigenvalue weighted by Gasteiger charge is 2.13. The topological polar surface area (TPSA) is 30.5 Å². The number of rotatable bonds is 14. The number of halogens is 3. The number of unbranched alkanes of at least 4 members (excludes halogenated alkanes) is 5. The van der Waals surface area contributed by atoms with Crippen LogP contribution in [0.2, 0.25) is 5.02 Å². The number of ether oxygens (including phenoxy) is 2. The van der Waals surface area contributed by atoms with Crippen molar-refractivity contribution in [1.82, 2.24) is 5.32 Å². The SMILES string of the molecule is CCCCCCCCNCc1cc(Br)c(OCc2ccc(F)cc2Cl)c(OCC)c1. The van der Waals surface area contributed by atoms with Crippen molar-refractivity contribution in [2.45, 2.75) is 65.5 Å². The smallest absolute Gasteiger partial charge is 0.175 e. The molecule has 0 aliphatic heterocycles. The zero-order chi connectivity index (χ0) is 21.8. The molecule has 0 spiro atoms. The van der Waals surface area contributed by atoms with Gasteiger partial charge in [0.1, 0.15) is 12.4 Å². The van der Waals surface area contributed by atoms with E-state index < -0.39 is 0 Å². The van der Waals surface area contributed by atoms with Gasteiger partial charge < -0.3 is 14.8 Å². The van der Waals surface area contributed by atoms with Crippen LogP contribution in [0.3, 0.4) is 0 Å². The lowest BCUT2D eigenvalue weighted by Crippen LogP contribution is -2.15. The highest BCUT2D eigenvalue weighted by atomic mass is 79.9. The van der Waals surface area contributed by atoms with E-state index in [0.29, 0.717) is 23.1 Å². The van der Waals surface area contributed by atoms with Crippen LogP contribution in [0.25, 0.3) is 0 Å². The van der Waals surface area contributed by atoms with Crippen LogP contribution in [0, 0.1) is 5.82 Å². The van der Waals surface area contributed by atoms with Crippen molar-refractivity contribution in [3.8, 4) is 11.5 Å². The third kappa shape index (κ3) is 8.44. The molecule has 0 fully saturated rings. The van der Waals surface area contributed by atoms with Crippen LogP contribution in [0.1, 0.15) is 63.5 Å². The van der Waals surface area contributed by atoms with Crippen molar-refractivity contribution in [3.63, 3.8) is 0 Å². The first kappa shape index (κ1) is 25.0. The molecule has 0 atom stereocenters. The van der Waals surface area contributed by atoms with E-state index in [1.807, 2.05) is 19.1 Å². The van der Waals surface area contributed by atoms with Crippen LogP contribution in [0.15, 0.2) is 34.8 Å². The molecule has 2 rings (SSSR count). The summed E-state index contributed by atoms with van der Waals surface area (Å²) in [5, 5.41) is 3.86. The molecule has 2 aromatic carbocycles. The molecule has 0 amide bonds. The molecule has 3 nitrogen and oxygen atoms in total. The Morgan fingerprint density at radius 1 is 1.00 bits per heavy atom. The van der Waals surface area contributed by atoms with Crippen LogP contribution in [0.5, 0.6) is 11.5 Å². The van der Waals surface area contributed by atoms with Crippen LogP contribution < -0.4 is 14.8 Å². The lowest BCUT2D eigenvalue weighted by molar-refractivity contribution is 0.267. The molecule has 1 N–H and O–H groups in total. The summed E-state index contributed by atoms with van der Waals surface area (Å²) in [6.07, 6.45) is 7.75. The molecule has 0 bridgehead atoms. The first-order valence-electron chi connectivity index (χ1n) is 10.8. The van der Waals surface area contributed by atoms with Crippen molar-refractivity contribution >= 4 is 27.5 Å². The van der Waals surface area contributed by atoms with Crippen molar-refractivity contribution in [2.24, 2.45) is 0 Å². The van der Waals surface area contributed by atoms with Crippen molar-refractivity contribution in [3.05, 3.63) is 56.8 Å². The van der Waals surface area contributed by atoms with Crippen LogP contribution in [0.4, 0.5) is 4.39 Å². The van der Waals surface area contributed by atoms with Gasteiger partial charge in [-0.15, -0.1) is 0 Å². The largest absolute Gasteiger partial charge is 0.490 e. The van der Waals surface area contributed by atoms with Crippen LogP contribution in [-0.2, 0) is 13.2 Å². The third-order valence-electron chi connectivity index (χ3n) is 4.79. The lowest BCUT2D eigenvalue weighted by Gasteiger charge is -2.16. The Bertz CT molecular complexity index is 788. The maximum atomic E-state index is 13.2. The predicted molar refractivity (Wildman–Crippen MR) is 126 cm³/mol. The second-order valence-electron chi connectivity index (χ2n) is 7.31. The zero-order valence-electron chi connectivity index (χ0n) is 17.9. The second-order valence-corrected chi connectivity index (χ2v) is 8.57. The van der Waals surface area contributed by atoms with Gasteiger partial charge in [0.15, 0.2) is 11.5 Å². The van der Waals surface area contributed by atoms with E-state index in [-0.39, 0.29) is 12.4 Å². The van der Waals surface area contributed by atoms with Gasteiger partial charge in [-0.2, -0.15) is 0 Å². The molecule has 0 heterocycles. The third-order valence-corrected chi connectivity index (χ3v) is 5.73.